The Hall–Kier alpha value is -4.00. The van der Waals surface area contributed by atoms with Crippen LogP contribution in [0.15, 0.2) is 66.7 Å². The molecule has 2 aliphatic rings. The molecule has 0 atom stereocenters. The zero-order chi connectivity index (χ0) is 22.8. The molecule has 0 radical (unpaired) electrons. The van der Waals surface area contributed by atoms with Crippen molar-refractivity contribution >= 4 is 17.5 Å². The second kappa shape index (κ2) is 8.50. The number of hydrogen-bond donors (Lipinski definition) is 2. The first-order chi connectivity index (χ1) is 16.0. The third-order valence-corrected chi connectivity index (χ3v) is 5.90. The van der Waals surface area contributed by atoms with Gasteiger partial charge in [0.25, 0.3) is 11.7 Å². The molecule has 3 aromatic rings. The highest BCUT2D eigenvalue weighted by atomic mass is 16.7. The van der Waals surface area contributed by atoms with E-state index in [9.17, 15) is 9.59 Å². The molecule has 3 N–H and O–H groups in total. The first kappa shape index (κ1) is 20.9. The molecular formula is C26H24N2O5. The number of primary amides is 1. The van der Waals surface area contributed by atoms with E-state index in [0.717, 1.165) is 31.4 Å². The molecule has 33 heavy (non-hydrogen) atoms. The molecule has 0 aromatic heterocycles. The van der Waals surface area contributed by atoms with Crippen molar-refractivity contribution in [1.82, 2.24) is 0 Å². The molecule has 1 aliphatic heterocycles. The lowest BCUT2D eigenvalue weighted by molar-refractivity contribution is -0.105. The molecule has 1 fully saturated rings. The van der Waals surface area contributed by atoms with Gasteiger partial charge in [-0.15, -0.1) is 0 Å². The number of rotatable bonds is 5. The molecule has 3 aromatic carbocycles. The molecule has 2 amide bonds. The molecule has 0 unspecified atom stereocenters. The quantitative estimate of drug-likeness (QED) is 0.559. The Kier molecular flexibility index (Phi) is 5.38. The lowest BCUT2D eigenvalue weighted by Gasteiger charge is -2.31. The maximum absolute atomic E-state index is 12.7. The molecule has 7 heteroatoms. The van der Waals surface area contributed by atoms with Gasteiger partial charge in [0.15, 0.2) is 11.5 Å². The van der Waals surface area contributed by atoms with E-state index in [4.69, 9.17) is 19.9 Å². The highest BCUT2D eigenvalue weighted by molar-refractivity contribution is 6.04. The van der Waals surface area contributed by atoms with Crippen molar-refractivity contribution in [3.05, 3.63) is 77.9 Å². The Balaban J connectivity index is 1.22. The van der Waals surface area contributed by atoms with Gasteiger partial charge in [-0.05, 0) is 73.5 Å². The number of carbonyl (C=O) groups is 2. The number of fused-ring (bicyclic) bond motifs is 1. The Morgan fingerprint density at radius 2 is 1.39 bits per heavy atom. The minimum Gasteiger partial charge on any atom is -0.457 e. The van der Waals surface area contributed by atoms with Crippen molar-refractivity contribution in [2.45, 2.75) is 37.9 Å². The highest BCUT2D eigenvalue weighted by Crippen LogP contribution is 2.46. The number of hydrogen-bond acceptors (Lipinski definition) is 5. The average Bonchev–Trinajstić information content (AvgIpc) is 3.16. The first-order valence-corrected chi connectivity index (χ1v) is 11.0. The minimum absolute atomic E-state index is 0.237. The maximum Gasteiger partial charge on any atom is 0.255 e. The summed E-state index contributed by atoms with van der Waals surface area (Å²) in [5.41, 5.74) is 6.79. The Morgan fingerprint density at radius 1 is 0.788 bits per heavy atom. The summed E-state index contributed by atoms with van der Waals surface area (Å²) in [4.78, 5) is 23.9. The van der Waals surface area contributed by atoms with Crippen LogP contribution in [0.4, 0.5) is 5.69 Å². The highest BCUT2D eigenvalue weighted by Gasteiger charge is 2.42. The van der Waals surface area contributed by atoms with Gasteiger partial charge in [0, 0.05) is 35.7 Å². The zero-order valence-electron chi connectivity index (χ0n) is 18.0. The van der Waals surface area contributed by atoms with E-state index in [1.165, 1.54) is 6.42 Å². The van der Waals surface area contributed by atoms with Crippen molar-refractivity contribution in [3.63, 3.8) is 0 Å². The molecule has 1 spiro atoms. The fraction of sp³-hybridized carbons (Fsp3) is 0.231. The summed E-state index contributed by atoms with van der Waals surface area (Å²) in [6, 6.07) is 18.8. The smallest absolute Gasteiger partial charge is 0.255 e. The number of nitrogens with one attached hydrogen (secondary N) is 1. The zero-order valence-corrected chi connectivity index (χ0v) is 18.0. The average molecular weight is 444 g/mol. The van der Waals surface area contributed by atoms with Crippen LogP contribution in [0.1, 0.15) is 52.8 Å². The Bertz CT molecular complexity index is 1180. The predicted octanol–water partition coefficient (Wildman–Crippen LogP) is 5.26. The van der Waals surface area contributed by atoms with E-state index in [2.05, 4.69) is 5.32 Å². The summed E-state index contributed by atoms with van der Waals surface area (Å²) in [6.07, 6.45) is 5.16. The molecule has 0 saturated heterocycles. The van der Waals surface area contributed by atoms with Crippen molar-refractivity contribution in [1.29, 1.82) is 0 Å². The van der Waals surface area contributed by atoms with Gasteiger partial charge in [-0.25, -0.2) is 0 Å². The molecule has 1 aliphatic carbocycles. The van der Waals surface area contributed by atoms with Gasteiger partial charge < -0.3 is 25.3 Å². The largest absolute Gasteiger partial charge is 0.457 e. The molecule has 1 saturated carbocycles. The molecular weight excluding hydrogens is 420 g/mol. The number of anilines is 1. The van der Waals surface area contributed by atoms with Gasteiger partial charge >= 0.3 is 0 Å². The van der Waals surface area contributed by atoms with Crippen LogP contribution in [0.25, 0.3) is 0 Å². The molecule has 5 rings (SSSR count). The molecule has 168 valence electrons. The van der Waals surface area contributed by atoms with Crippen molar-refractivity contribution < 1.29 is 23.8 Å². The van der Waals surface area contributed by atoms with Gasteiger partial charge in [-0.3, -0.25) is 9.59 Å². The number of carbonyl (C=O) groups excluding carboxylic acids is 2. The molecule has 7 nitrogen and oxygen atoms in total. The third kappa shape index (κ3) is 4.48. The minimum atomic E-state index is -0.542. The molecule has 0 bridgehead atoms. The summed E-state index contributed by atoms with van der Waals surface area (Å²) >= 11 is 0. The van der Waals surface area contributed by atoms with Crippen LogP contribution in [0.5, 0.6) is 23.0 Å². The van der Waals surface area contributed by atoms with Gasteiger partial charge in [0.05, 0.1) is 0 Å². The third-order valence-electron chi connectivity index (χ3n) is 5.90. The van der Waals surface area contributed by atoms with Crippen LogP contribution in [0.2, 0.25) is 0 Å². The van der Waals surface area contributed by atoms with Gasteiger partial charge in [-0.2, -0.15) is 0 Å². The summed E-state index contributed by atoms with van der Waals surface area (Å²) in [7, 11) is 0. The van der Waals surface area contributed by atoms with E-state index < -0.39 is 11.7 Å². The summed E-state index contributed by atoms with van der Waals surface area (Å²) in [6.45, 7) is 0. The maximum atomic E-state index is 12.7. The van der Waals surface area contributed by atoms with Gasteiger partial charge in [-0.1, -0.05) is 6.42 Å². The fourth-order valence-electron chi connectivity index (χ4n) is 4.17. The van der Waals surface area contributed by atoms with Crippen LogP contribution in [0.3, 0.4) is 0 Å². The number of ether oxygens (including phenoxy) is 3. The first-order valence-electron chi connectivity index (χ1n) is 11.0. The summed E-state index contributed by atoms with van der Waals surface area (Å²) < 4.78 is 18.0. The van der Waals surface area contributed by atoms with Crippen molar-refractivity contribution in [2.75, 3.05) is 5.32 Å². The number of benzene rings is 3. The normalized spacial score (nSPS) is 15.8. The van der Waals surface area contributed by atoms with Gasteiger partial charge in [0.1, 0.15) is 11.5 Å². The van der Waals surface area contributed by atoms with Crippen molar-refractivity contribution in [3.8, 4) is 23.0 Å². The van der Waals surface area contributed by atoms with Crippen molar-refractivity contribution in [2.24, 2.45) is 5.73 Å². The second-order valence-corrected chi connectivity index (χ2v) is 8.31. The van der Waals surface area contributed by atoms with E-state index in [-0.39, 0.29) is 5.91 Å². The Morgan fingerprint density at radius 3 is 2.03 bits per heavy atom. The summed E-state index contributed by atoms with van der Waals surface area (Å²) in [5.74, 6) is 1.25. The SMILES string of the molecule is NC(=O)c1ccc(Oc2ccc(C(=O)Nc3ccc4c(c3)OC3(CCCCC3)O4)cc2)cc1. The van der Waals surface area contributed by atoms with E-state index in [0.29, 0.717) is 34.1 Å². The second-order valence-electron chi connectivity index (χ2n) is 8.31. The van der Waals surface area contributed by atoms with E-state index in [1.54, 1.807) is 48.5 Å². The van der Waals surface area contributed by atoms with Crippen LogP contribution in [-0.2, 0) is 0 Å². The molecule has 1 heterocycles. The summed E-state index contributed by atoms with van der Waals surface area (Å²) in [5, 5.41) is 2.91. The van der Waals surface area contributed by atoms with Crippen LogP contribution < -0.4 is 25.3 Å². The van der Waals surface area contributed by atoms with E-state index in [1.807, 2.05) is 18.2 Å². The topological polar surface area (TPSA) is 99.9 Å². The lowest BCUT2D eigenvalue weighted by Crippen LogP contribution is -2.40. The van der Waals surface area contributed by atoms with E-state index >= 15 is 0 Å². The number of nitrogens with two attached hydrogens (primary N) is 1. The van der Waals surface area contributed by atoms with Crippen LogP contribution in [0, 0.1) is 0 Å². The Labute approximate surface area is 191 Å². The fourth-order valence-corrected chi connectivity index (χ4v) is 4.17. The van der Waals surface area contributed by atoms with Crippen LogP contribution >= 0.6 is 0 Å². The standard InChI is InChI=1S/C26H24N2O5/c27-24(29)17-4-9-20(10-5-17)31-21-11-6-18(7-12-21)25(30)28-19-8-13-22-23(16-19)33-26(32-22)14-2-1-3-15-26/h4-13,16H,1-3,14-15H2,(H2,27,29)(H,28,30). The lowest BCUT2D eigenvalue weighted by atomic mass is 9.94. The monoisotopic (exact) mass is 444 g/mol. The predicted molar refractivity (Wildman–Crippen MR) is 123 cm³/mol. The van der Waals surface area contributed by atoms with Gasteiger partial charge in [0.2, 0.25) is 5.91 Å². The van der Waals surface area contributed by atoms with Crippen LogP contribution in [-0.4, -0.2) is 17.6 Å². The number of amides is 2.